The third-order valence-corrected chi connectivity index (χ3v) is 5.14. The normalized spacial score (nSPS) is 28.9. The van der Waals surface area contributed by atoms with E-state index in [1.54, 1.807) is 0 Å². The molecule has 19 heavy (non-hydrogen) atoms. The van der Waals surface area contributed by atoms with Crippen molar-refractivity contribution in [3.05, 3.63) is 39.9 Å². The molecule has 1 heterocycles. The lowest BCUT2D eigenvalue weighted by molar-refractivity contribution is 0.277. The standard InChI is InChI=1S/C16H20ClN.ClH/c1-3-4-11-5-6-12-13(15(11)17)7-8-16(2)10-18-9-14(12)16;/h3-6,14,18H,7-10H2,1-2H3;1H. The van der Waals surface area contributed by atoms with Crippen molar-refractivity contribution in [1.82, 2.24) is 5.32 Å². The minimum atomic E-state index is 0. The van der Waals surface area contributed by atoms with Gasteiger partial charge in [0, 0.05) is 19.0 Å². The van der Waals surface area contributed by atoms with Crippen LogP contribution in [0.1, 0.15) is 42.9 Å². The summed E-state index contributed by atoms with van der Waals surface area (Å²) in [6.07, 6.45) is 6.52. The fourth-order valence-corrected chi connectivity index (χ4v) is 3.90. The van der Waals surface area contributed by atoms with Crippen LogP contribution < -0.4 is 5.32 Å². The number of fused-ring (bicyclic) bond motifs is 3. The van der Waals surface area contributed by atoms with E-state index in [0.29, 0.717) is 11.3 Å². The molecule has 3 rings (SSSR count). The predicted molar refractivity (Wildman–Crippen MR) is 85.4 cm³/mol. The number of rotatable bonds is 1. The first-order valence-electron chi connectivity index (χ1n) is 6.80. The van der Waals surface area contributed by atoms with Crippen LogP contribution in [0.4, 0.5) is 0 Å². The summed E-state index contributed by atoms with van der Waals surface area (Å²) < 4.78 is 0. The molecule has 2 atom stereocenters. The largest absolute Gasteiger partial charge is 0.316 e. The predicted octanol–water partition coefficient (Wildman–Crippen LogP) is 4.43. The molecular weight excluding hydrogens is 277 g/mol. The quantitative estimate of drug-likeness (QED) is 0.808. The Hall–Kier alpha value is -0.500. The van der Waals surface area contributed by atoms with E-state index in [1.807, 2.05) is 6.92 Å². The van der Waals surface area contributed by atoms with Gasteiger partial charge in [-0.3, -0.25) is 0 Å². The van der Waals surface area contributed by atoms with Gasteiger partial charge in [0.15, 0.2) is 0 Å². The molecule has 2 aliphatic rings. The van der Waals surface area contributed by atoms with Crippen LogP contribution in [0.2, 0.25) is 5.02 Å². The molecule has 1 aliphatic heterocycles. The maximum atomic E-state index is 6.57. The molecule has 104 valence electrons. The summed E-state index contributed by atoms with van der Waals surface area (Å²) in [6, 6.07) is 4.47. The third kappa shape index (κ3) is 2.33. The smallest absolute Gasteiger partial charge is 0.0513 e. The van der Waals surface area contributed by atoms with Gasteiger partial charge in [-0.1, -0.05) is 42.8 Å². The Kier molecular flexibility index (Phi) is 4.29. The van der Waals surface area contributed by atoms with E-state index >= 15 is 0 Å². The molecule has 3 heteroatoms. The van der Waals surface area contributed by atoms with E-state index in [0.717, 1.165) is 30.1 Å². The molecule has 0 amide bonds. The van der Waals surface area contributed by atoms with Crippen LogP contribution in [0, 0.1) is 5.41 Å². The van der Waals surface area contributed by atoms with Crippen LogP contribution in [0.5, 0.6) is 0 Å². The van der Waals surface area contributed by atoms with E-state index in [9.17, 15) is 0 Å². The Morgan fingerprint density at radius 1 is 1.42 bits per heavy atom. The highest BCUT2D eigenvalue weighted by Gasteiger charge is 2.43. The topological polar surface area (TPSA) is 12.0 Å². The van der Waals surface area contributed by atoms with Gasteiger partial charge in [0.1, 0.15) is 0 Å². The molecular formula is C16H21Cl2N. The number of benzene rings is 1. The van der Waals surface area contributed by atoms with Gasteiger partial charge in [-0.15, -0.1) is 12.4 Å². The first-order valence-corrected chi connectivity index (χ1v) is 7.18. The van der Waals surface area contributed by atoms with Gasteiger partial charge in [-0.05, 0) is 41.9 Å². The summed E-state index contributed by atoms with van der Waals surface area (Å²) in [4.78, 5) is 0. The van der Waals surface area contributed by atoms with Crippen molar-refractivity contribution in [2.75, 3.05) is 13.1 Å². The van der Waals surface area contributed by atoms with Crippen LogP contribution in [0.15, 0.2) is 18.2 Å². The number of hydrogen-bond acceptors (Lipinski definition) is 1. The Morgan fingerprint density at radius 3 is 2.95 bits per heavy atom. The van der Waals surface area contributed by atoms with Gasteiger partial charge in [-0.2, -0.15) is 0 Å². The van der Waals surface area contributed by atoms with Crippen molar-refractivity contribution in [3.63, 3.8) is 0 Å². The minimum absolute atomic E-state index is 0. The van der Waals surface area contributed by atoms with Crippen molar-refractivity contribution in [3.8, 4) is 0 Å². The summed E-state index contributed by atoms with van der Waals surface area (Å²) in [7, 11) is 0. The maximum Gasteiger partial charge on any atom is 0.0513 e. The lowest BCUT2D eigenvalue weighted by Crippen LogP contribution is -2.30. The molecule has 2 unspecified atom stereocenters. The van der Waals surface area contributed by atoms with E-state index in [2.05, 4.69) is 36.5 Å². The molecule has 1 saturated heterocycles. The molecule has 1 aliphatic carbocycles. The van der Waals surface area contributed by atoms with Gasteiger partial charge < -0.3 is 5.32 Å². The maximum absolute atomic E-state index is 6.57. The fourth-order valence-electron chi connectivity index (χ4n) is 3.57. The molecule has 1 fully saturated rings. The lowest BCUT2D eigenvalue weighted by Gasteiger charge is -2.37. The van der Waals surface area contributed by atoms with Crippen LogP contribution in [-0.2, 0) is 6.42 Å². The first kappa shape index (κ1) is 14.9. The van der Waals surface area contributed by atoms with Gasteiger partial charge in [0.05, 0.1) is 5.02 Å². The van der Waals surface area contributed by atoms with Crippen LogP contribution in [-0.4, -0.2) is 13.1 Å². The van der Waals surface area contributed by atoms with Crippen molar-refractivity contribution < 1.29 is 0 Å². The van der Waals surface area contributed by atoms with Gasteiger partial charge in [0.25, 0.3) is 0 Å². The molecule has 1 nitrogen and oxygen atoms in total. The van der Waals surface area contributed by atoms with E-state index < -0.39 is 0 Å². The number of halogens is 2. The van der Waals surface area contributed by atoms with Crippen molar-refractivity contribution >= 4 is 30.1 Å². The Balaban J connectivity index is 0.00000133. The molecule has 1 N–H and O–H groups in total. The lowest BCUT2D eigenvalue weighted by atomic mass is 9.67. The monoisotopic (exact) mass is 297 g/mol. The minimum Gasteiger partial charge on any atom is -0.316 e. The zero-order valence-electron chi connectivity index (χ0n) is 11.5. The Morgan fingerprint density at radius 2 is 2.21 bits per heavy atom. The third-order valence-electron chi connectivity index (χ3n) is 4.70. The Labute approximate surface area is 126 Å². The summed E-state index contributed by atoms with van der Waals surface area (Å²) in [6.45, 7) is 6.69. The molecule has 0 spiro atoms. The summed E-state index contributed by atoms with van der Waals surface area (Å²) in [5, 5.41) is 4.52. The molecule has 1 aromatic carbocycles. The average molecular weight is 298 g/mol. The molecule has 1 aromatic rings. The zero-order valence-corrected chi connectivity index (χ0v) is 13.1. The molecule has 0 radical (unpaired) electrons. The number of hydrogen-bond donors (Lipinski definition) is 1. The molecule has 0 bridgehead atoms. The van der Waals surface area contributed by atoms with Crippen molar-refractivity contribution in [2.24, 2.45) is 5.41 Å². The van der Waals surface area contributed by atoms with Gasteiger partial charge in [-0.25, -0.2) is 0 Å². The first-order chi connectivity index (χ1) is 8.65. The van der Waals surface area contributed by atoms with E-state index in [-0.39, 0.29) is 12.4 Å². The van der Waals surface area contributed by atoms with Gasteiger partial charge in [0.2, 0.25) is 0 Å². The highest BCUT2D eigenvalue weighted by atomic mass is 35.5. The van der Waals surface area contributed by atoms with E-state index in [4.69, 9.17) is 11.6 Å². The zero-order chi connectivity index (χ0) is 12.8. The second-order valence-corrected chi connectivity index (χ2v) is 6.25. The SMILES string of the molecule is CC=Cc1ccc2c(c1Cl)CCC1(C)CNCC21.Cl. The molecule has 0 saturated carbocycles. The van der Waals surface area contributed by atoms with Gasteiger partial charge >= 0.3 is 0 Å². The van der Waals surface area contributed by atoms with Crippen LogP contribution in [0.25, 0.3) is 6.08 Å². The highest BCUT2D eigenvalue weighted by Crippen LogP contribution is 2.49. The summed E-state index contributed by atoms with van der Waals surface area (Å²) in [5.74, 6) is 0.637. The number of allylic oxidation sites excluding steroid dienone is 1. The fraction of sp³-hybridized carbons (Fsp3) is 0.500. The second kappa shape index (κ2) is 5.47. The van der Waals surface area contributed by atoms with E-state index in [1.165, 1.54) is 17.5 Å². The average Bonchev–Trinajstić information content (AvgIpc) is 2.75. The summed E-state index contributed by atoms with van der Waals surface area (Å²) >= 11 is 6.57. The number of nitrogens with one attached hydrogen (secondary N) is 1. The van der Waals surface area contributed by atoms with Crippen molar-refractivity contribution in [2.45, 2.75) is 32.6 Å². The van der Waals surface area contributed by atoms with Crippen LogP contribution in [0.3, 0.4) is 0 Å². The summed E-state index contributed by atoms with van der Waals surface area (Å²) in [5.41, 5.74) is 4.45. The van der Waals surface area contributed by atoms with Crippen molar-refractivity contribution in [1.29, 1.82) is 0 Å². The van der Waals surface area contributed by atoms with Crippen LogP contribution >= 0.6 is 24.0 Å². The molecule has 0 aromatic heterocycles. The highest BCUT2D eigenvalue weighted by molar-refractivity contribution is 6.33. The Bertz CT molecular complexity index is 510. The second-order valence-electron chi connectivity index (χ2n) is 5.87.